The summed E-state index contributed by atoms with van der Waals surface area (Å²) in [6, 6.07) is 8.36. The quantitative estimate of drug-likeness (QED) is 0.718. The van der Waals surface area contributed by atoms with E-state index in [1.165, 1.54) is 6.42 Å². The van der Waals surface area contributed by atoms with Gasteiger partial charge in [0, 0.05) is 30.5 Å². The molecule has 1 amide bonds. The van der Waals surface area contributed by atoms with Crippen LogP contribution >= 0.6 is 0 Å². The molecule has 0 radical (unpaired) electrons. The molecule has 2 saturated heterocycles. The Morgan fingerprint density at radius 1 is 1.19 bits per heavy atom. The summed E-state index contributed by atoms with van der Waals surface area (Å²) < 4.78 is 11.9. The number of fused-ring (bicyclic) bond motifs is 2. The van der Waals surface area contributed by atoms with Crippen molar-refractivity contribution in [2.45, 2.75) is 83.6 Å². The summed E-state index contributed by atoms with van der Waals surface area (Å²) in [5.41, 5.74) is 0.510. The Labute approximate surface area is 156 Å². The van der Waals surface area contributed by atoms with Gasteiger partial charge >= 0.3 is 6.09 Å². The van der Waals surface area contributed by atoms with Gasteiger partial charge in [-0.25, -0.2) is 4.79 Å². The predicted molar refractivity (Wildman–Crippen MR) is 102 cm³/mol. The number of nitrogens with zero attached hydrogens (tertiary/aromatic N) is 1. The van der Waals surface area contributed by atoms with Crippen LogP contribution in [-0.2, 0) is 4.74 Å². The molecule has 2 bridgehead atoms. The summed E-state index contributed by atoms with van der Waals surface area (Å²) in [6.07, 6.45) is 4.90. The van der Waals surface area contributed by atoms with Gasteiger partial charge in [-0.05, 0) is 65.2 Å². The molecular formula is C22H29NO3. The summed E-state index contributed by atoms with van der Waals surface area (Å²) >= 11 is 0. The van der Waals surface area contributed by atoms with Crippen LogP contribution in [0, 0.1) is 11.8 Å². The summed E-state index contributed by atoms with van der Waals surface area (Å²) in [4.78, 5) is 14.6. The molecule has 2 aliphatic rings. The number of carbonyl (C=O) groups is 1. The molecule has 2 atom stereocenters. The molecule has 1 aromatic carbocycles. The first-order valence-corrected chi connectivity index (χ1v) is 9.56. The smallest absolute Gasteiger partial charge is 0.410 e. The van der Waals surface area contributed by atoms with E-state index < -0.39 is 5.60 Å². The maximum absolute atomic E-state index is 12.7. The lowest BCUT2D eigenvalue weighted by Crippen LogP contribution is -2.57. The van der Waals surface area contributed by atoms with Crippen LogP contribution in [0.2, 0.25) is 0 Å². The molecule has 4 nitrogen and oxygen atoms in total. The molecule has 0 N–H and O–H groups in total. The van der Waals surface area contributed by atoms with Crippen LogP contribution in [0.1, 0.15) is 65.4 Å². The van der Waals surface area contributed by atoms with Crippen molar-refractivity contribution in [2.75, 3.05) is 0 Å². The maximum atomic E-state index is 12.7. The van der Waals surface area contributed by atoms with Crippen LogP contribution in [0.4, 0.5) is 4.79 Å². The van der Waals surface area contributed by atoms with Gasteiger partial charge in [-0.1, -0.05) is 12.0 Å². The van der Waals surface area contributed by atoms with Gasteiger partial charge in [-0.3, -0.25) is 0 Å². The number of amides is 1. The standard InChI is InChI=1S/C22H29NO3/c1-5-8-16-9-6-12-19(13-16)25-20-14-17-10-7-11-18(15-20)23(17)21(24)26-22(2,3)4/h6,9,12-13,17-18,20H,7,10-11,14-15H2,1-4H3. The van der Waals surface area contributed by atoms with Crippen molar-refractivity contribution in [1.29, 1.82) is 0 Å². The minimum atomic E-state index is -0.459. The third-order valence-corrected chi connectivity index (χ3v) is 4.94. The minimum Gasteiger partial charge on any atom is -0.490 e. The van der Waals surface area contributed by atoms with Gasteiger partial charge in [0.1, 0.15) is 17.5 Å². The number of carbonyl (C=O) groups excluding carboxylic acids is 1. The zero-order valence-corrected chi connectivity index (χ0v) is 16.2. The molecule has 0 aromatic heterocycles. The Hall–Kier alpha value is -2.15. The van der Waals surface area contributed by atoms with Crippen molar-refractivity contribution in [1.82, 2.24) is 4.90 Å². The number of piperidine rings is 2. The Kier molecular flexibility index (Phi) is 5.46. The van der Waals surface area contributed by atoms with Crippen LogP contribution in [-0.4, -0.2) is 34.8 Å². The lowest BCUT2D eigenvalue weighted by Gasteiger charge is -2.48. The summed E-state index contributed by atoms with van der Waals surface area (Å²) in [6.45, 7) is 7.59. The number of ether oxygens (including phenoxy) is 2. The fraction of sp³-hybridized carbons (Fsp3) is 0.591. The molecule has 2 aliphatic heterocycles. The summed E-state index contributed by atoms with van der Waals surface area (Å²) in [5, 5.41) is 0. The van der Waals surface area contributed by atoms with E-state index in [0.717, 1.165) is 37.0 Å². The monoisotopic (exact) mass is 355 g/mol. The van der Waals surface area contributed by atoms with Crippen molar-refractivity contribution in [3.63, 3.8) is 0 Å². The molecular weight excluding hydrogens is 326 g/mol. The first-order valence-electron chi connectivity index (χ1n) is 9.56. The van der Waals surface area contributed by atoms with Crippen molar-refractivity contribution < 1.29 is 14.3 Å². The van der Waals surface area contributed by atoms with Crippen LogP contribution < -0.4 is 4.74 Å². The molecule has 0 spiro atoms. The van der Waals surface area contributed by atoms with Crippen LogP contribution in [0.5, 0.6) is 5.75 Å². The Balaban J connectivity index is 1.68. The molecule has 0 aliphatic carbocycles. The molecule has 0 saturated carbocycles. The first kappa shape index (κ1) is 18.6. The lowest BCUT2D eigenvalue weighted by atomic mass is 9.83. The van der Waals surface area contributed by atoms with E-state index in [9.17, 15) is 4.79 Å². The van der Waals surface area contributed by atoms with E-state index in [2.05, 4.69) is 11.8 Å². The first-order chi connectivity index (χ1) is 12.4. The summed E-state index contributed by atoms with van der Waals surface area (Å²) in [7, 11) is 0. The SMILES string of the molecule is CC#Cc1cccc(OC2CC3CCCC(C2)N3C(=O)OC(C)(C)C)c1. The third-order valence-electron chi connectivity index (χ3n) is 4.94. The topological polar surface area (TPSA) is 38.8 Å². The zero-order valence-electron chi connectivity index (χ0n) is 16.2. The van der Waals surface area contributed by atoms with E-state index >= 15 is 0 Å². The molecule has 1 aromatic rings. The van der Waals surface area contributed by atoms with E-state index in [0.29, 0.717) is 0 Å². The van der Waals surface area contributed by atoms with E-state index in [-0.39, 0.29) is 24.3 Å². The molecule has 2 fully saturated rings. The number of rotatable bonds is 2. The lowest BCUT2D eigenvalue weighted by molar-refractivity contribution is -0.0405. The van der Waals surface area contributed by atoms with E-state index in [1.807, 2.05) is 56.9 Å². The zero-order chi connectivity index (χ0) is 18.7. The number of hydrogen-bond acceptors (Lipinski definition) is 3. The third kappa shape index (κ3) is 4.52. The van der Waals surface area contributed by atoms with Gasteiger partial charge in [0.15, 0.2) is 0 Å². The second-order valence-electron chi connectivity index (χ2n) is 8.24. The highest BCUT2D eigenvalue weighted by Crippen LogP contribution is 2.36. The van der Waals surface area contributed by atoms with Crippen molar-refractivity contribution in [2.24, 2.45) is 0 Å². The van der Waals surface area contributed by atoms with Crippen molar-refractivity contribution in [3.05, 3.63) is 29.8 Å². The molecule has 3 rings (SSSR count). The Morgan fingerprint density at radius 3 is 2.50 bits per heavy atom. The molecule has 4 heteroatoms. The highest BCUT2D eigenvalue weighted by atomic mass is 16.6. The number of benzene rings is 1. The average molecular weight is 355 g/mol. The predicted octanol–water partition coefficient (Wildman–Crippen LogP) is 4.76. The van der Waals surface area contributed by atoms with E-state index in [4.69, 9.17) is 9.47 Å². The molecule has 2 heterocycles. The van der Waals surface area contributed by atoms with Crippen LogP contribution in [0.15, 0.2) is 24.3 Å². The van der Waals surface area contributed by atoms with Gasteiger partial charge in [-0.15, -0.1) is 5.92 Å². The maximum Gasteiger partial charge on any atom is 0.410 e. The largest absolute Gasteiger partial charge is 0.490 e. The molecule has 2 unspecified atom stereocenters. The highest BCUT2D eigenvalue weighted by Gasteiger charge is 2.43. The van der Waals surface area contributed by atoms with Gasteiger partial charge in [0.25, 0.3) is 0 Å². The average Bonchev–Trinajstić information content (AvgIpc) is 2.53. The van der Waals surface area contributed by atoms with Gasteiger partial charge in [0.2, 0.25) is 0 Å². The Bertz CT molecular complexity index is 696. The van der Waals surface area contributed by atoms with Gasteiger partial charge < -0.3 is 14.4 Å². The fourth-order valence-corrected chi connectivity index (χ4v) is 4.02. The Morgan fingerprint density at radius 2 is 1.88 bits per heavy atom. The van der Waals surface area contributed by atoms with Gasteiger partial charge in [0.05, 0.1) is 0 Å². The molecule has 26 heavy (non-hydrogen) atoms. The van der Waals surface area contributed by atoms with E-state index in [1.54, 1.807) is 0 Å². The summed E-state index contributed by atoms with van der Waals surface area (Å²) in [5.74, 6) is 6.85. The second kappa shape index (κ2) is 7.61. The number of hydrogen-bond donors (Lipinski definition) is 0. The van der Waals surface area contributed by atoms with Crippen molar-refractivity contribution in [3.8, 4) is 17.6 Å². The fourth-order valence-electron chi connectivity index (χ4n) is 4.02. The second-order valence-corrected chi connectivity index (χ2v) is 8.24. The van der Waals surface area contributed by atoms with Crippen molar-refractivity contribution >= 4 is 6.09 Å². The van der Waals surface area contributed by atoms with Gasteiger partial charge in [-0.2, -0.15) is 0 Å². The minimum absolute atomic E-state index is 0.133. The normalized spacial score (nSPS) is 25.1. The molecule has 140 valence electrons. The highest BCUT2D eigenvalue weighted by molar-refractivity contribution is 5.69. The van der Waals surface area contributed by atoms with Crippen LogP contribution in [0.25, 0.3) is 0 Å². The van der Waals surface area contributed by atoms with Crippen LogP contribution in [0.3, 0.4) is 0 Å².